The minimum absolute atomic E-state index is 0.00608. The van der Waals surface area contributed by atoms with E-state index in [4.69, 9.17) is 9.47 Å². The molecule has 2 aliphatic rings. The predicted molar refractivity (Wildman–Crippen MR) is 128 cm³/mol. The van der Waals surface area contributed by atoms with Crippen LogP contribution in [0.5, 0.6) is 11.5 Å². The first kappa shape index (κ1) is 21.3. The van der Waals surface area contributed by atoms with E-state index in [1.807, 2.05) is 65.6 Å². The Kier molecular flexibility index (Phi) is 5.67. The van der Waals surface area contributed by atoms with Gasteiger partial charge in [0.05, 0.1) is 31.9 Å². The van der Waals surface area contributed by atoms with E-state index in [9.17, 15) is 9.59 Å². The van der Waals surface area contributed by atoms with Gasteiger partial charge in [-0.25, -0.2) is 0 Å². The summed E-state index contributed by atoms with van der Waals surface area (Å²) in [6.45, 7) is 1.12. The maximum Gasteiger partial charge on any atom is 0.228 e. The first-order valence-corrected chi connectivity index (χ1v) is 11.4. The van der Waals surface area contributed by atoms with Crippen LogP contribution in [0.2, 0.25) is 0 Å². The maximum atomic E-state index is 13.6. The third-order valence-electron chi connectivity index (χ3n) is 6.86. The number of ether oxygens (including phenoxy) is 2. The van der Waals surface area contributed by atoms with Crippen molar-refractivity contribution in [1.82, 2.24) is 4.90 Å². The van der Waals surface area contributed by atoms with Crippen LogP contribution in [-0.2, 0) is 9.59 Å². The Balaban J connectivity index is 1.38. The summed E-state index contributed by atoms with van der Waals surface area (Å²) in [5.74, 6) is 1.06. The fourth-order valence-electron chi connectivity index (χ4n) is 5.22. The molecule has 2 atom stereocenters. The van der Waals surface area contributed by atoms with Crippen LogP contribution in [0.4, 0.5) is 5.69 Å². The van der Waals surface area contributed by atoms with Gasteiger partial charge >= 0.3 is 0 Å². The van der Waals surface area contributed by atoms with E-state index in [1.54, 1.807) is 19.1 Å². The number of likely N-dealkylation sites (tertiary alicyclic amines) is 1. The fourth-order valence-corrected chi connectivity index (χ4v) is 5.22. The Labute approximate surface area is 193 Å². The molecule has 6 nitrogen and oxygen atoms in total. The number of nitrogens with zero attached hydrogens (tertiary/aromatic N) is 2. The molecule has 2 heterocycles. The van der Waals surface area contributed by atoms with Crippen LogP contribution in [0.25, 0.3) is 10.8 Å². The van der Waals surface area contributed by atoms with Crippen molar-refractivity contribution in [3.8, 4) is 11.5 Å². The number of amides is 2. The number of fused-ring (bicyclic) bond motifs is 1. The summed E-state index contributed by atoms with van der Waals surface area (Å²) in [4.78, 5) is 30.3. The van der Waals surface area contributed by atoms with Crippen LogP contribution in [0, 0.1) is 5.92 Å². The van der Waals surface area contributed by atoms with Gasteiger partial charge in [-0.2, -0.15) is 0 Å². The van der Waals surface area contributed by atoms with Crippen LogP contribution < -0.4 is 14.4 Å². The number of benzene rings is 3. The Morgan fingerprint density at radius 3 is 2.58 bits per heavy atom. The number of hydrogen-bond acceptors (Lipinski definition) is 4. The van der Waals surface area contributed by atoms with Gasteiger partial charge < -0.3 is 19.3 Å². The number of methoxy groups -OCH3 is 2. The van der Waals surface area contributed by atoms with Crippen LogP contribution in [-0.4, -0.2) is 44.0 Å². The first-order valence-electron chi connectivity index (χ1n) is 11.4. The molecule has 2 amide bonds. The average Bonchev–Trinajstić information content (AvgIpc) is 3.50. The highest BCUT2D eigenvalue weighted by Gasteiger charge is 2.41. The van der Waals surface area contributed by atoms with Gasteiger partial charge in [0.1, 0.15) is 0 Å². The predicted octanol–water partition coefficient (Wildman–Crippen LogP) is 4.57. The second kappa shape index (κ2) is 8.77. The van der Waals surface area contributed by atoms with Crippen LogP contribution >= 0.6 is 0 Å². The Hall–Kier alpha value is -3.54. The highest BCUT2D eigenvalue weighted by atomic mass is 16.5. The zero-order chi connectivity index (χ0) is 22.9. The highest BCUT2D eigenvalue weighted by Crippen LogP contribution is 2.39. The fraction of sp³-hybridized carbons (Fsp3) is 0.333. The van der Waals surface area contributed by atoms with Gasteiger partial charge in [-0.05, 0) is 42.0 Å². The molecule has 2 saturated heterocycles. The molecule has 170 valence electrons. The molecule has 0 spiro atoms. The SMILES string of the molecule is COc1ccc(C2CCCN2C(=O)C2CC(=O)N(c3cccc4ccccc34)C2)cc1OC. The number of carbonyl (C=O) groups is 2. The molecular weight excluding hydrogens is 416 g/mol. The molecule has 0 aromatic heterocycles. The lowest BCUT2D eigenvalue weighted by molar-refractivity contribution is -0.136. The van der Waals surface area contributed by atoms with E-state index in [0.717, 1.165) is 34.9 Å². The summed E-state index contributed by atoms with van der Waals surface area (Å²) in [5, 5.41) is 2.12. The highest BCUT2D eigenvalue weighted by molar-refractivity contribution is 6.07. The van der Waals surface area contributed by atoms with Gasteiger partial charge in [-0.15, -0.1) is 0 Å². The van der Waals surface area contributed by atoms with Gasteiger partial charge in [0.2, 0.25) is 11.8 Å². The van der Waals surface area contributed by atoms with Gasteiger partial charge in [0.25, 0.3) is 0 Å². The number of rotatable bonds is 5. The molecule has 33 heavy (non-hydrogen) atoms. The van der Waals surface area contributed by atoms with Crippen molar-refractivity contribution in [3.63, 3.8) is 0 Å². The van der Waals surface area contributed by atoms with Crippen LogP contribution in [0.1, 0.15) is 30.9 Å². The molecule has 2 aliphatic heterocycles. The summed E-state index contributed by atoms with van der Waals surface area (Å²) in [6, 6.07) is 19.8. The molecule has 0 aliphatic carbocycles. The summed E-state index contributed by atoms with van der Waals surface area (Å²) in [5.41, 5.74) is 1.92. The van der Waals surface area contributed by atoms with Gasteiger partial charge in [0, 0.05) is 24.9 Å². The second-order valence-electron chi connectivity index (χ2n) is 8.71. The minimum Gasteiger partial charge on any atom is -0.493 e. The maximum absolute atomic E-state index is 13.6. The third-order valence-corrected chi connectivity index (χ3v) is 6.86. The quantitative estimate of drug-likeness (QED) is 0.578. The lowest BCUT2D eigenvalue weighted by Gasteiger charge is -2.28. The van der Waals surface area contributed by atoms with Gasteiger partial charge in [0.15, 0.2) is 11.5 Å². The van der Waals surface area contributed by atoms with E-state index in [-0.39, 0.29) is 30.2 Å². The zero-order valence-electron chi connectivity index (χ0n) is 19.0. The van der Waals surface area contributed by atoms with Crippen molar-refractivity contribution in [1.29, 1.82) is 0 Å². The number of anilines is 1. The molecular formula is C27H28N2O4. The smallest absolute Gasteiger partial charge is 0.228 e. The van der Waals surface area contributed by atoms with E-state index in [2.05, 4.69) is 0 Å². The standard InChI is InChI=1S/C27H28N2O4/c1-32-24-13-12-19(15-25(24)33-2)22-11-6-14-28(22)27(31)20-16-26(30)29(17-20)23-10-5-8-18-7-3-4-9-21(18)23/h3-5,7-10,12-13,15,20,22H,6,11,14,16-17H2,1-2H3. The molecule has 3 aromatic rings. The molecule has 2 unspecified atom stereocenters. The minimum atomic E-state index is -0.336. The molecule has 2 fully saturated rings. The molecule has 5 rings (SSSR count). The van der Waals surface area contributed by atoms with Gasteiger partial charge in [-0.3, -0.25) is 9.59 Å². The molecule has 0 saturated carbocycles. The summed E-state index contributed by atoms with van der Waals surface area (Å²) in [6.07, 6.45) is 2.09. The molecule has 3 aromatic carbocycles. The van der Waals surface area contributed by atoms with E-state index >= 15 is 0 Å². The van der Waals surface area contributed by atoms with E-state index in [0.29, 0.717) is 24.6 Å². The second-order valence-corrected chi connectivity index (χ2v) is 8.71. The monoisotopic (exact) mass is 444 g/mol. The van der Waals surface area contributed by atoms with Crippen molar-refractivity contribution in [3.05, 3.63) is 66.2 Å². The Morgan fingerprint density at radius 2 is 1.76 bits per heavy atom. The normalized spacial score (nSPS) is 20.5. The Bertz CT molecular complexity index is 1200. The summed E-state index contributed by atoms with van der Waals surface area (Å²) >= 11 is 0. The molecule has 0 N–H and O–H groups in total. The van der Waals surface area contributed by atoms with Crippen molar-refractivity contribution >= 4 is 28.3 Å². The molecule has 0 bridgehead atoms. The van der Waals surface area contributed by atoms with Crippen molar-refractivity contribution in [2.45, 2.75) is 25.3 Å². The van der Waals surface area contributed by atoms with Crippen LogP contribution in [0.3, 0.4) is 0 Å². The molecule has 0 radical (unpaired) electrons. The summed E-state index contributed by atoms with van der Waals surface area (Å²) in [7, 11) is 3.23. The largest absolute Gasteiger partial charge is 0.493 e. The molecule has 6 heteroatoms. The van der Waals surface area contributed by atoms with Gasteiger partial charge in [-0.1, -0.05) is 42.5 Å². The number of carbonyl (C=O) groups excluding carboxylic acids is 2. The average molecular weight is 445 g/mol. The summed E-state index contributed by atoms with van der Waals surface area (Å²) < 4.78 is 10.8. The van der Waals surface area contributed by atoms with E-state index < -0.39 is 0 Å². The van der Waals surface area contributed by atoms with E-state index in [1.165, 1.54) is 0 Å². The Morgan fingerprint density at radius 1 is 0.970 bits per heavy atom. The lowest BCUT2D eigenvalue weighted by Crippen LogP contribution is -2.37. The third kappa shape index (κ3) is 3.80. The van der Waals surface area contributed by atoms with Crippen LogP contribution in [0.15, 0.2) is 60.7 Å². The lowest BCUT2D eigenvalue weighted by atomic mass is 10.0. The van der Waals surface area contributed by atoms with Crippen molar-refractivity contribution in [2.24, 2.45) is 5.92 Å². The van der Waals surface area contributed by atoms with Crippen molar-refractivity contribution in [2.75, 3.05) is 32.2 Å². The topological polar surface area (TPSA) is 59.1 Å². The van der Waals surface area contributed by atoms with Crippen molar-refractivity contribution < 1.29 is 19.1 Å². The zero-order valence-corrected chi connectivity index (χ0v) is 19.0. The number of hydrogen-bond donors (Lipinski definition) is 0. The first-order chi connectivity index (χ1) is 16.1.